The highest BCUT2D eigenvalue weighted by Crippen LogP contribution is 2.61. The van der Waals surface area contributed by atoms with Crippen molar-refractivity contribution in [1.82, 2.24) is 0 Å². The Morgan fingerprint density at radius 2 is 2.17 bits per heavy atom. The smallest absolute Gasteiger partial charge is 0.115 e. The number of phenols is 1. The first-order valence-corrected chi connectivity index (χ1v) is 8.58. The van der Waals surface area contributed by atoms with Crippen LogP contribution in [0.15, 0.2) is 23.3 Å². The zero-order valence-electron chi connectivity index (χ0n) is 13.4. The second-order valence-corrected chi connectivity index (χ2v) is 7.79. The van der Waals surface area contributed by atoms with Crippen LogP contribution in [0.4, 0.5) is 0 Å². The Morgan fingerprint density at radius 3 is 2.96 bits per heavy atom. The van der Waals surface area contributed by atoms with Crippen LogP contribution >= 0.6 is 0 Å². The first-order chi connectivity index (χ1) is 11.0. The van der Waals surface area contributed by atoms with Gasteiger partial charge < -0.3 is 10.2 Å². The maximum Gasteiger partial charge on any atom is 0.115 e. The van der Waals surface area contributed by atoms with Gasteiger partial charge in [0.2, 0.25) is 0 Å². The van der Waals surface area contributed by atoms with E-state index >= 15 is 0 Å². The molecule has 1 aromatic carbocycles. The van der Waals surface area contributed by atoms with E-state index in [0.29, 0.717) is 24.0 Å². The summed E-state index contributed by atoms with van der Waals surface area (Å²) >= 11 is 0. The summed E-state index contributed by atoms with van der Waals surface area (Å²) in [6, 6.07) is 5.65. The highest BCUT2D eigenvalue weighted by Gasteiger charge is 2.58. The van der Waals surface area contributed by atoms with Gasteiger partial charge in [-0.25, -0.2) is 0 Å². The predicted molar refractivity (Wildman–Crippen MR) is 87.0 cm³/mol. The minimum absolute atomic E-state index is 0.0912. The normalized spacial score (nSPS) is 41.4. The van der Waals surface area contributed by atoms with Crippen molar-refractivity contribution in [3.63, 3.8) is 0 Å². The van der Waals surface area contributed by atoms with Crippen LogP contribution in [0.2, 0.25) is 0 Å². The van der Waals surface area contributed by atoms with Crippen LogP contribution in [0, 0.1) is 17.3 Å². The number of aromatic hydroxyl groups is 1. The molecule has 4 rings (SSSR count). The van der Waals surface area contributed by atoms with E-state index in [-0.39, 0.29) is 23.5 Å². The first-order valence-electron chi connectivity index (χ1n) is 8.58. The van der Waals surface area contributed by atoms with Gasteiger partial charge in [-0.15, -0.1) is 0 Å². The maximum atomic E-state index is 10.6. The molecule has 3 aliphatic rings. The second-order valence-electron chi connectivity index (χ2n) is 7.79. The minimum Gasteiger partial charge on any atom is -0.508 e. The molecule has 0 spiro atoms. The van der Waals surface area contributed by atoms with Gasteiger partial charge in [0.15, 0.2) is 0 Å². The van der Waals surface area contributed by atoms with Crippen LogP contribution in [-0.4, -0.2) is 22.4 Å². The lowest BCUT2D eigenvalue weighted by Gasteiger charge is -2.51. The van der Waals surface area contributed by atoms with Crippen LogP contribution in [0.1, 0.15) is 49.7 Å². The van der Waals surface area contributed by atoms with Gasteiger partial charge in [-0.05, 0) is 84.1 Å². The molecule has 0 radical (unpaired) electrons. The van der Waals surface area contributed by atoms with Gasteiger partial charge in [0.25, 0.3) is 0 Å². The fourth-order valence-electron chi connectivity index (χ4n) is 5.79. The summed E-state index contributed by atoms with van der Waals surface area (Å²) in [6.45, 7) is 2.18. The molecule has 122 valence electrons. The van der Waals surface area contributed by atoms with Gasteiger partial charge >= 0.3 is 0 Å². The number of aliphatic hydroxyl groups is 1. The van der Waals surface area contributed by atoms with Crippen LogP contribution in [0.25, 0.3) is 10.4 Å². The second kappa shape index (κ2) is 5.15. The third-order valence-corrected chi connectivity index (χ3v) is 6.85. The van der Waals surface area contributed by atoms with Crippen molar-refractivity contribution < 1.29 is 10.2 Å². The van der Waals surface area contributed by atoms with Crippen molar-refractivity contribution in [3.05, 3.63) is 39.8 Å². The monoisotopic (exact) mass is 313 g/mol. The van der Waals surface area contributed by atoms with E-state index in [1.807, 2.05) is 6.07 Å². The molecule has 2 saturated carbocycles. The van der Waals surface area contributed by atoms with Crippen LogP contribution < -0.4 is 0 Å². The number of benzene rings is 1. The van der Waals surface area contributed by atoms with Crippen LogP contribution in [0.3, 0.4) is 0 Å². The molecule has 2 unspecified atom stereocenters. The highest BCUT2D eigenvalue weighted by atomic mass is 16.3. The number of rotatable bonds is 1. The summed E-state index contributed by atoms with van der Waals surface area (Å²) in [5, 5.41) is 24.4. The van der Waals surface area contributed by atoms with E-state index in [1.165, 1.54) is 11.1 Å². The van der Waals surface area contributed by atoms with E-state index in [1.54, 1.807) is 6.07 Å². The third kappa shape index (κ3) is 2.07. The third-order valence-electron chi connectivity index (χ3n) is 6.85. The van der Waals surface area contributed by atoms with E-state index in [4.69, 9.17) is 5.53 Å². The van der Waals surface area contributed by atoms with E-state index in [2.05, 4.69) is 23.0 Å². The number of fused-ring (bicyclic) bond motifs is 5. The summed E-state index contributed by atoms with van der Waals surface area (Å²) in [4.78, 5) is 3.05. The van der Waals surface area contributed by atoms with Crippen molar-refractivity contribution >= 4 is 0 Å². The maximum absolute atomic E-state index is 10.6. The van der Waals surface area contributed by atoms with Crippen molar-refractivity contribution in [2.75, 3.05) is 0 Å². The molecule has 0 heterocycles. The van der Waals surface area contributed by atoms with Crippen LogP contribution in [-0.2, 0) is 6.42 Å². The summed E-state index contributed by atoms with van der Waals surface area (Å²) in [5.41, 5.74) is 11.4. The molecule has 5 nitrogen and oxygen atoms in total. The zero-order valence-corrected chi connectivity index (χ0v) is 13.4. The lowest BCUT2D eigenvalue weighted by atomic mass is 9.55. The SMILES string of the molecule is C[C@]12CC[C@@H]3c4ccc(O)cc4CC[C@H]3[C@@H]1C(N=[N+]=[N-])CC2O. The van der Waals surface area contributed by atoms with Gasteiger partial charge in [0.1, 0.15) is 5.75 Å². The van der Waals surface area contributed by atoms with Crippen LogP contribution in [0.5, 0.6) is 5.75 Å². The zero-order chi connectivity index (χ0) is 16.2. The average molecular weight is 313 g/mol. The molecule has 0 amide bonds. The quantitative estimate of drug-likeness (QED) is 0.468. The molecular formula is C18H23N3O2. The predicted octanol–water partition coefficient (Wildman–Crippen LogP) is 3.90. The van der Waals surface area contributed by atoms with Gasteiger partial charge in [-0.3, -0.25) is 0 Å². The van der Waals surface area contributed by atoms with Crippen molar-refractivity contribution in [2.24, 2.45) is 22.4 Å². The summed E-state index contributed by atoms with van der Waals surface area (Å²) in [6.07, 6.45) is 4.26. The fourth-order valence-corrected chi connectivity index (χ4v) is 5.79. The Balaban J connectivity index is 1.75. The Labute approximate surface area is 136 Å². The molecule has 2 N–H and O–H groups in total. The van der Waals surface area contributed by atoms with E-state index in [9.17, 15) is 10.2 Å². The Kier molecular flexibility index (Phi) is 3.33. The molecule has 23 heavy (non-hydrogen) atoms. The summed E-state index contributed by atoms with van der Waals surface area (Å²) in [7, 11) is 0. The van der Waals surface area contributed by atoms with Gasteiger partial charge in [0.05, 0.1) is 6.10 Å². The average Bonchev–Trinajstić information content (AvgIpc) is 2.78. The molecule has 6 atom stereocenters. The van der Waals surface area contributed by atoms with Gasteiger partial charge in [0, 0.05) is 11.0 Å². The van der Waals surface area contributed by atoms with Gasteiger partial charge in [-0.1, -0.05) is 18.1 Å². The molecule has 2 fully saturated rings. The Bertz CT molecular complexity index is 685. The molecule has 1 aromatic rings. The molecule has 5 heteroatoms. The number of phenolic OH excluding ortho intramolecular Hbond substituents is 1. The van der Waals surface area contributed by atoms with Crippen molar-refractivity contribution in [3.8, 4) is 5.75 Å². The highest BCUT2D eigenvalue weighted by molar-refractivity contribution is 5.40. The summed E-state index contributed by atoms with van der Waals surface area (Å²) < 4.78 is 0. The fraction of sp³-hybridized carbons (Fsp3) is 0.667. The largest absolute Gasteiger partial charge is 0.508 e. The summed E-state index contributed by atoms with van der Waals surface area (Å²) in [5.74, 6) is 1.51. The topological polar surface area (TPSA) is 89.2 Å². The number of aryl methyl sites for hydroxylation is 1. The number of azide groups is 1. The number of aliphatic hydroxyl groups excluding tert-OH is 1. The lowest BCUT2D eigenvalue weighted by Crippen LogP contribution is -2.46. The van der Waals surface area contributed by atoms with E-state index in [0.717, 1.165) is 25.7 Å². The molecule has 3 aliphatic carbocycles. The molecule has 0 aliphatic heterocycles. The minimum atomic E-state index is -0.370. The van der Waals surface area contributed by atoms with Crippen molar-refractivity contribution in [1.29, 1.82) is 0 Å². The number of hydrogen-bond acceptors (Lipinski definition) is 3. The molecule has 0 saturated heterocycles. The van der Waals surface area contributed by atoms with E-state index < -0.39 is 0 Å². The van der Waals surface area contributed by atoms with Gasteiger partial charge in [-0.2, -0.15) is 0 Å². The Morgan fingerprint density at radius 1 is 1.35 bits per heavy atom. The number of hydrogen-bond donors (Lipinski definition) is 2. The van der Waals surface area contributed by atoms with Crippen molar-refractivity contribution in [2.45, 2.75) is 57.1 Å². The molecule has 0 bridgehead atoms. The molecule has 0 aromatic heterocycles. The first kappa shape index (κ1) is 14.9. The standard InChI is InChI=1S/C18H23N3O2/c1-18-7-6-13-12-5-3-11(22)8-10(12)2-4-14(13)17(18)15(20-21-19)9-16(18)23/h3,5,8,13-17,22-23H,2,4,6-7,9H2,1H3/t13-,14-,15?,16?,17-,18-/m1/s1. The lowest BCUT2D eigenvalue weighted by molar-refractivity contribution is -0.0247. The molecular weight excluding hydrogens is 290 g/mol. The number of nitrogens with zero attached hydrogens (tertiary/aromatic N) is 3. The Hall–Kier alpha value is -1.71.